The van der Waals surface area contributed by atoms with E-state index in [0.717, 1.165) is 54.0 Å². The van der Waals surface area contributed by atoms with Gasteiger partial charge in [0, 0.05) is 41.5 Å². The summed E-state index contributed by atoms with van der Waals surface area (Å²) in [6.07, 6.45) is 3.81. The predicted octanol–water partition coefficient (Wildman–Crippen LogP) is 5.84. The Balaban J connectivity index is 1.49. The van der Waals surface area contributed by atoms with Crippen LogP contribution in [-0.4, -0.2) is 78.4 Å². The van der Waals surface area contributed by atoms with Gasteiger partial charge >= 0.3 is 0 Å². The van der Waals surface area contributed by atoms with Crippen molar-refractivity contribution < 1.29 is 18.3 Å². The number of carbonyl (C=O) groups is 1. The number of pyridine rings is 1. The first kappa shape index (κ1) is 30.8. The Hall–Kier alpha value is -4.19. The van der Waals surface area contributed by atoms with E-state index in [1.165, 1.54) is 4.90 Å². The molecular formula is C34H34F2N6O2S. The van der Waals surface area contributed by atoms with Crippen LogP contribution in [0.5, 0.6) is 5.88 Å². The Labute approximate surface area is 265 Å². The van der Waals surface area contributed by atoms with Gasteiger partial charge in [-0.1, -0.05) is 24.8 Å². The summed E-state index contributed by atoms with van der Waals surface area (Å²) >= 11 is 1.78. The first-order valence-corrected chi connectivity index (χ1v) is 16.2. The van der Waals surface area contributed by atoms with Gasteiger partial charge in [0.05, 0.1) is 24.2 Å². The number of hydrogen-bond donors (Lipinski definition) is 0. The summed E-state index contributed by atoms with van der Waals surface area (Å²) in [5.41, 5.74) is 3.07. The van der Waals surface area contributed by atoms with Crippen molar-refractivity contribution in [1.29, 1.82) is 10.5 Å². The van der Waals surface area contributed by atoms with Crippen molar-refractivity contribution in [2.75, 3.05) is 50.5 Å². The number of aromatic nitrogens is 1. The number of rotatable bonds is 7. The van der Waals surface area contributed by atoms with Crippen LogP contribution in [0.2, 0.25) is 0 Å². The predicted molar refractivity (Wildman–Crippen MR) is 170 cm³/mol. The van der Waals surface area contributed by atoms with Crippen LogP contribution in [0.1, 0.15) is 36.8 Å². The highest BCUT2D eigenvalue weighted by Gasteiger charge is 2.35. The fraction of sp³-hybridized carbons (Fsp3) is 0.412. The molecule has 4 heterocycles. The molecule has 8 nitrogen and oxygen atoms in total. The molecule has 0 saturated carbocycles. The molecule has 0 unspecified atom stereocenters. The van der Waals surface area contributed by atoms with Crippen LogP contribution < -0.4 is 9.64 Å². The number of likely N-dealkylation sites (tertiary alicyclic amines) is 1. The van der Waals surface area contributed by atoms with Gasteiger partial charge in [-0.25, -0.2) is 13.8 Å². The lowest BCUT2D eigenvalue weighted by Crippen LogP contribution is -2.55. The van der Waals surface area contributed by atoms with Gasteiger partial charge in [-0.3, -0.25) is 4.79 Å². The van der Waals surface area contributed by atoms with Crippen molar-refractivity contribution in [2.45, 2.75) is 49.1 Å². The Morgan fingerprint density at radius 3 is 2.73 bits per heavy atom. The molecule has 11 heteroatoms. The van der Waals surface area contributed by atoms with Gasteiger partial charge in [-0.05, 0) is 68.3 Å². The van der Waals surface area contributed by atoms with E-state index in [0.29, 0.717) is 23.2 Å². The molecule has 0 aliphatic carbocycles. The molecule has 0 radical (unpaired) electrons. The van der Waals surface area contributed by atoms with Crippen LogP contribution >= 0.6 is 11.8 Å². The SMILES string of the molecule is C=C(F)C(=O)N1CCN(c2c(C#N)c(OC[C@@H]3CCCN3C)nc3c(F)c(-c4cccc5c4CCCS5)ccc23)C[C@@H]1CC#N. The molecule has 0 spiro atoms. The number of nitrogens with zero attached hydrogens (tertiary/aromatic N) is 6. The van der Waals surface area contributed by atoms with Gasteiger partial charge in [0.2, 0.25) is 5.88 Å². The number of amides is 1. The van der Waals surface area contributed by atoms with E-state index in [4.69, 9.17) is 4.74 Å². The first-order chi connectivity index (χ1) is 21.8. The van der Waals surface area contributed by atoms with Gasteiger partial charge in [-0.15, -0.1) is 11.8 Å². The molecule has 1 amide bonds. The van der Waals surface area contributed by atoms with Gasteiger partial charge in [0.15, 0.2) is 11.6 Å². The number of fused-ring (bicyclic) bond motifs is 2. The van der Waals surface area contributed by atoms with E-state index < -0.39 is 23.6 Å². The Morgan fingerprint density at radius 1 is 1.16 bits per heavy atom. The third-order valence-corrected chi connectivity index (χ3v) is 10.3. The smallest absolute Gasteiger partial charge is 0.282 e. The van der Waals surface area contributed by atoms with Crippen LogP contribution in [0.3, 0.4) is 0 Å². The average Bonchev–Trinajstić information content (AvgIpc) is 3.47. The minimum Gasteiger partial charge on any atom is -0.475 e. The van der Waals surface area contributed by atoms with Crippen LogP contribution in [0.4, 0.5) is 14.5 Å². The number of ether oxygens (including phenoxy) is 1. The normalized spacial score (nSPS) is 20.0. The van der Waals surface area contributed by atoms with E-state index in [1.807, 2.05) is 24.1 Å². The maximum atomic E-state index is 16.8. The van der Waals surface area contributed by atoms with Crippen LogP contribution in [0.15, 0.2) is 47.6 Å². The molecule has 232 valence electrons. The quantitative estimate of drug-likeness (QED) is 0.301. The molecule has 45 heavy (non-hydrogen) atoms. The summed E-state index contributed by atoms with van der Waals surface area (Å²) in [5.74, 6) is -1.38. The number of likely N-dealkylation sites (N-methyl/N-ethyl adjacent to an activating group) is 1. The summed E-state index contributed by atoms with van der Waals surface area (Å²) in [6, 6.07) is 13.3. The molecular weight excluding hydrogens is 594 g/mol. The van der Waals surface area contributed by atoms with Crippen molar-refractivity contribution in [3.63, 3.8) is 0 Å². The number of piperazine rings is 1. The lowest BCUT2D eigenvalue weighted by Gasteiger charge is -2.42. The first-order valence-electron chi connectivity index (χ1n) is 15.2. The lowest BCUT2D eigenvalue weighted by molar-refractivity contribution is -0.131. The van der Waals surface area contributed by atoms with Gasteiger partial charge in [0.1, 0.15) is 23.8 Å². The number of anilines is 1. The number of carbonyl (C=O) groups excluding carboxylic acids is 1. The molecule has 3 aromatic rings. The van der Waals surface area contributed by atoms with E-state index in [2.05, 4.69) is 34.7 Å². The van der Waals surface area contributed by atoms with Crippen molar-refractivity contribution in [2.24, 2.45) is 0 Å². The second kappa shape index (κ2) is 13.0. The van der Waals surface area contributed by atoms with Gasteiger partial charge in [-0.2, -0.15) is 10.5 Å². The number of hydrogen-bond acceptors (Lipinski definition) is 8. The maximum absolute atomic E-state index is 16.8. The van der Waals surface area contributed by atoms with Crippen LogP contribution in [0, 0.1) is 28.5 Å². The zero-order chi connectivity index (χ0) is 31.7. The van der Waals surface area contributed by atoms with Crippen molar-refractivity contribution in [3.05, 3.63) is 59.7 Å². The molecule has 1 aromatic heterocycles. The molecule has 2 aromatic carbocycles. The summed E-state index contributed by atoms with van der Waals surface area (Å²) in [7, 11) is 2.03. The zero-order valence-corrected chi connectivity index (χ0v) is 26.0. The van der Waals surface area contributed by atoms with Crippen molar-refractivity contribution in [3.8, 4) is 29.1 Å². The molecule has 3 aliphatic heterocycles. The summed E-state index contributed by atoms with van der Waals surface area (Å²) in [5, 5.41) is 20.4. The molecule has 2 saturated heterocycles. The number of nitriles is 2. The Morgan fingerprint density at radius 2 is 2.00 bits per heavy atom. The monoisotopic (exact) mass is 628 g/mol. The van der Waals surface area contributed by atoms with Crippen molar-refractivity contribution in [1.82, 2.24) is 14.8 Å². The van der Waals surface area contributed by atoms with E-state index in [1.54, 1.807) is 23.9 Å². The molecule has 3 aliphatic rings. The molecule has 6 rings (SSSR count). The highest BCUT2D eigenvalue weighted by Crippen LogP contribution is 2.42. The lowest BCUT2D eigenvalue weighted by atomic mass is 9.94. The van der Waals surface area contributed by atoms with E-state index in [9.17, 15) is 19.7 Å². The van der Waals surface area contributed by atoms with Gasteiger partial charge in [0.25, 0.3) is 5.91 Å². The zero-order valence-electron chi connectivity index (χ0n) is 25.2. The Kier molecular flexibility index (Phi) is 8.93. The average molecular weight is 629 g/mol. The highest BCUT2D eigenvalue weighted by atomic mass is 32.2. The van der Waals surface area contributed by atoms with Crippen LogP contribution in [-0.2, 0) is 11.2 Å². The molecule has 2 fully saturated rings. The fourth-order valence-corrected chi connectivity index (χ4v) is 7.84. The number of halogens is 2. The minimum absolute atomic E-state index is 0.0482. The Bertz CT molecular complexity index is 1750. The van der Waals surface area contributed by atoms with Gasteiger partial charge < -0.3 is 19.4 Å². The summed E-state index contributed by atoms with van der Waals surface area (Å²) in [4.78, 5) is 23.7. The number of thioether (sulfide) groups is 1. The summed E-state index contributed by atoms with van der Waals surface area (Å²) < 4.78 is 36.9. The molecule has 0 N–H and O–H groups in total. The van der Waals surface area contributed by atoms with E-state index >= 15 is 4.39 Å². The fourth-order valence-electron chi connectivity index (χ4n) is 6.77. The largest absolute Gasteiger partial charge is 0.475 e. The highest BCUT2D eigenvalue weighted by molar-refractivity contribution is 7.99. The summed E-state index contributed by atoms with van der Waals surface area (Å²) in [6.45, 7) is 4.85. The molecule has 0 bridgehead atoms. The third-order valence-electron chi connectivity index (χ3n) is 9.10. The van der Waals surface area contributed by atoms with Crippen molar-refractivity contribution >= 4 is 34.3 Å². The third kappa shape index (κ3) is 5.83. The number of benzene rings is 2. The molecule has 2 atom stereocenters. The minimum atomic E-state index is -1.10. The van der Waals surface area contributed by atoms with Crippen LogP contribution in [0.25, 0.3) is 22.0 Å². The topological polar surface area (TPSA) is 96.5 Å². The maximum Gasteiger partial charge on any atom is 0.282 e. The van der Waals surface area contributed by atoms with E-state index in [-0.39, 0.29) is 49.1 Å². The second-order valence-electron chi connectivity index (χ2n) is 11.8. The standard InChI is InChI=1S/C34H34F2N6O2S/c1-21(35)34(43)42-16-15-41(19-22(42)12-13-37)32-27-11-10-26(24-7-3-9-29-25(24)8-5-17-45-29)30(36)31(27)39-33(28(32)18-38)44-20-23-6-4-14-40(23)2/h3,7,9-11,22-23H,1,4-6,8,12,14-17,19-20H2,2H3/t22-,23-/m0/s1. The second-order valence-corrected chi connectivity index (χ2v) is 12.9.